The Balaban J connectivity index is 1.62. The van der Waals surface area contributed by atoms with E-state index in [0.717, 1.165) is 52.0 Å². The highest BCUT2D eigenvalue weighted by molar-refractivity contribution is 5.76. The molecule has 2 rings (SSSR count). The first-order chi connectivity index (χ1) is 12.1. The summed E-state index contributed by atoms with van der Waals surface area (Å²) < 4.78 is 0. The van der Waals surface area contributed by atoms with Crippen molar-refractivity contribution in [2.75, 3.05) is 32.7 Å². The van der Waals surface area contributed by atoms with Crippen LogP contribution < -0.4 is 11.1 Å². The van der Waals surface area contributed by atoms with E-state index in [0.29, 0.717) is 13.0 Å². The molecular formula is C19H30N4O2. The molecule has 1 aliphatic heterocycles. The van der Waals surface area contributed by atoms with Crippen molar-refractivity contribution in [1.29, 1.82) is 0 Å². The summed E-state index contributed by atoms with van der Waals surface area (Å²) in [5.41, 5.74) is 7.70. The van der Waals surface area contributed by atoms with E-state index in [4.69, 9.17) is 5.73 Å². The lowest BCUT2D eigenvalue weighted by atomic mass is 10.1. The number of hydrogen-bond donors (Lipinski definition) is 2. The van der Waals surface area contributed by atoms with Crippen LogP contribution in [0, 0.1) is 6.92 Å². The molecule has 0 aliphatic carbocycles. The molecule has 6 nitrogen and oxygen atoms in total. The van der Waals surface area contributed by atoms with Gasteiger partial charge >= 0.3 is 6.03 Å². The summed E-state index contributed by atoms with van der Waals surface area (Å²) in [5.74, 6) is 0.249. The molecule has 6 heteroatoms. The standard InChI is InChI=1S/C19H30N4O2/c1-16-7-4-5-8-17(16)15-22-11-13-23(14-12-22)18(24)9-3-2-6-10-21-19(20)25/h4-5,7-8H,2-3,6,9-15H2,1H3,(H3,20,21,25). The van der Waals surface area contributed by atoms with Gasteiger partial charge in [-0.3, -0.25) is 9.69 Å². The van der Waals surface area contributed by atoms with Gasteiger partial charge in [0.15, 0.2) is 0 Å². The lowest BCUT2D eigenvalue weighted by Gasteiger charge is -2.35. The zero-order valence-electron chi connectivity index (χ0n) is 15.2. The smallest absolute Gasteiger partial charge is 0.312 e. The van der Waals surface area contributed by atoms with Crippen molar-refractivity contribution in [2.24, 2.45) is 5.73 Å². The molecule has 138 valence electrons. The van der Waals surface area contributed by atoms with E-state index in [-0.39, 0.29) is 5.91 Å². The SMILES string of the molecule is Cc1ccccc1CN1CCN(C(=O)CCCCCNC(N)=O)CC1. The first-order valence-corrected chi connectivity index (χ1v) is 9.14. The number of nitrogens with zero attached hydrogens (tertiary/aromatic N) is 2. The van der Waals surface area contributed by atoms with E-state index in [1.54, 1.807) is 0 Å². The van der Waals surface area contributed by atoms with Crippen LogP contribution in [0.2, 0.25) is 0 Å². The molecule has 1 heterocycles. The monoisotopic (exact) mass is 346 g/mol. The van der Waals surface area contributed by atoms with Gasteiger partial charge < -0.3 is 16.0 Å². The Bertz CT molecular complexity index is 568. The Labute approximate surface area is 150 Å². The third-order valence-corrected chi connectivity index (χ3v) is 4.75. The van der Waals surface area contributed by atoms with Gasteiger partial charge in [-0.2, -0.15) is 0 Å². The molecule has 1 saturated heterocycles. The molecule has 1 aromatic rings. The number of nitrogens with two attached hydrogens (primary N) is 1. The molecule has 0 saturated carbocycles. The molecule has 0 radical (unpaired) electrons. The average molecular weight is 346 g/mol. The normalized spacial score (nSPS) is 15.2. The first kappa shape index (κ1) is 19.2. The number of unbranched alkanes of at least 4 members (excludes halogenated alkanes) is 2. The van der Waals surface area contributed by atoms with Crippen LogP contribution in [0.1, 0.15) is 36.8 Å². The van der Waals surface area contributed by atoms with Crippen LogP contribution in [0.25, 0.3) is 0 Å². The van der Waals surface area contributed by atoms with Crippen molar-refractivity contribution in [3.8, 4) is 0 Å². The van der Waals surface area contributed by atoms with E-state index in [2.05, 4.69) is 41.4 Å². The van der Waals surface area contributed by atoms with Crippen molar-refractivity contribution in [2.45, 2.75) is 39.2 Å². The summed E-state index contributed by atoms with van der Waals surface area (Å²) >= 11 is 0. The Morgan fingerprint density at radius 1 is 1.08 bits per heavy atom. The number of carbonyl (C=O) groups is 2. The Morgan fingerprint density at radius 2 is 1.80 bits per heavy atom. The van der Waals surface area contributed by atoms with Crippen molar-refractivity contribution < 1.29 is 9.59 Å². The highest BCUT2D eigenvalue weighted by atomic mass is 16.2. The summed E-state index contributed by atoms with van der Waals surface area (Å²) in [7, 11) is 0. The average Bonchev–Trinajstić information content (AvgIpc) is 2.60. The predicted octanol–water partition coefficient (Wildman–Crippen LogP) is 1.87. The van der Waals surface area contributed by atoms with Crippen molar-refractivity contribution >= 4 is 11.9 Å². The lowest BCUT2D eigenvalue weighted by Crippen LogP contribution is -2.48. The number of amides is 3. The second-order valence-electron chi connectivity index (χ2n) is 6.69. The second kappa shape index (κ2) is 10.0. The number of benzene rings is 1. The van der Waals surface area contributed by atoms with Crippen molar-refractivity contribution in [1.82, 2.24) is 15.1 Å². The fraction of sp³-hybridized carbons (Fsp3) is 0.579. The minimum atomic E-state index is -0.486. The van der Waals surface area contributed by atoms with Gasteiger partial charge in [0.1, 0.15) is 0 Å². The molecule has 1 fully saturated rings. The number of primary amides is 1. The predicted molar refractivity (Wildman–Crippen MR) is 99.1 cm³/mol. The lowest BCUT2D eigenvalue weighted by molar-refractivity contribution is -0.133. The zero-order valence-corrected chi connectivity index (χ0v) is 15.2. The van der Waals surface area contributed by atoms with Gasteiger partial charge in [-0.25, -0.2) is 4.79 Å². The second-order valence-corrected chi connectivity index (χ2v) is 6.69. The minimum absolute atomic E-state index is 0.249. The number of nitrogens with one attached hydrogen (secondary N) is 1. The van der Waals surface area contributed by atoms with Crippen LogP contribution >= 0.6 is 0 Å². The molecule has 1 aliphatic rings. The number of piperazine rings is 1. The number of urea groups is 1. The van der Waals surface area contributed by atoms with Crippen LogP contribution in [0.3, 0.4) is 0 Å². The summed E-state index contributed by atoms with van der Waals surface area (Å²) in [6.45, 7) is 7.18. The molecule has 25 heavy (non-hydrogen) atoms. The Kier molecular flexibility index (Phi) is 7.73. The highest BCUT2D eigenvalue weighted by Crippen LogP contribution is 2.13. The highest BCUT2D eigenvalue weighted by Gasteiger charge is 2.20. The largest absolute Gasteiger partial charge is 0.352 e. The zero-order chi connectivity index (χ0) is 18.1. The number of rotatable bonds is 8. The Hall–Kier alpha value is -2.08. The topological polar surface area (TPSA) is 78.7 Å². The Morgan fingerprint density at radius 3 is 2.48 bits per heavy atom. The van der Waals surface area contributed by atoms with Crippen LogP contribution in [-0.4, -0.2) is 54.5 Å². The van der Waals surface area contributed by atoms with Gasteiger partial charge in [-0.1, -0.05) is 30.7 Å². The fourth-order valence-electron chi connectivity index (χ4n) is 3.13. The maximum atomic E-state index is 12.3. The van der Waals surface area contributed by atoms with E-state index in [9.17, 15) is 9.59 Å². The van der Waals surface area contributed by atoms with Crippen LogP contribution in [0.5, 0.6) is 0 Å². The third kappa shape index (κ3) is 6.74. The molecule has 0 aromatic heterocycles. The molecule has 0 spiro atoms. The molecule has 0 bridgehead atoms. The summed E-state index contributed by atoms with van der Waals surface area (Å²) in [5, 5.41) is 2.56. The first-order valence-electron chi connectivity index (χ1n) is 9.14. The third-order valence-electron chi connectivity index (χ3n) is 4.75. The van der Waals surface area contributed by atoms with Gasteiger partial charge in [0.2, 0.25) is 5.91 Å². The molecule has 3 N–H and O–H groups in total. The van der Waals surface area contributed by atoms with E-state index >= 15 is 0 Å². The number of carbonyl (C=O) groups excluding carboxylic acids is 2. The minimum Gasteiger partial charge on any atom is -0.352 e. The molecule has 0 unspecified atom stereocenters. The van der Waals surface area contributed by atoms with Gasteiger partial charge in [0.25, 0.3) is 0 Å². The van der Waals surface area contributed by atoms with Gasteiger partial charge in [0.05, 0.1) is 0 Å². The van der Waals surface area contributed by atoms with Crippen LogP contribution in [-0.2, 0) is 11.3 Å². The van der Waals surface area contributed by atoms with E-state index in [1.807, 2.05) is 4.90 Å². The van der Waals surface area contributed by atoms with E-state index < -0.39 is 6.03 Å². The summed E-state index contributed by atoms with van der Waals surface area (Å²) in [6.07, 6.45) is 3.25. The number of hydrogen-bond acceptors (Lipinski definition) is 3. The van der Waals surface area contributed by atoms with Gasteiger partial charge in [-0.05, 0) is 30.9 Å². The van der Waals surface area contributed by atoms with Crippen LogP contribution in [0.4, 0.5) is 4.79 Å². The summed E-state index contributed by atoms with van der Waals surface area (Å²) in [6, 6.07) is 7.99. The van der Waals surface area contributed by atoms with Crippen LogP contribution in [0.15, 0.2) is 24.3 Å². The number of aryl methyl sites for hydroxylation is 1. The summed E-state index contributed by atoms with van der Waals surface area (Å²) in [4.78, 5) is 27.2. The maximum absolute atomic E-state index is 12.3. The van der Waals surface area contributed by atoms with Gasteiger partial charge in [-0.15, -0.1) is 0 Å². The van der Waals surface area contributed by atoms with Crippen molar-refractivity contribution in [3.63, 3.8) is 0 Å². The van der Waals surface area contributed by atoms with E-state index in [1.165, 1.54) is 11.1 Å². The molecular weight excluding hydrogens is 316 g/mol. The fourth-order valence-corrected chi connectivity index (χ4v) is 3.13. The van der Waals surface area contributed by atoms with Crippen molar-refractivity contribution in [3.05, 3.63) is 35.4 Å². The molecule has 3 amide bonds. The molecule has 1 aromatic carbocycles. The van der Waals surface area contributed by atoms with Gasteiger partial charge in [0, 0.05) is 45.7 Å². The molecule has 0 atom stereocenters. The maximum Gasteiger partial charge on any atom is 0.312 e. The quantitative estimate of drug-likeness (QED) is 0.705.